The van der Waals surface area contributed by atoms with Crippen LogP contribution in [0.2, 0.25) is 0 Å². The first-order chi connectivity index (χ1) is 13.9. The van der Waals surface area contributed by atoms with Gasteiger partial charge in [0.05, 0.1) is 24.7 Å². The molecule has 9 heteroatoms. The Morgan fingerprint density at radius 1 is 1.28 bits per heavy atom. The molecule has 1 amide bonds. The topological polar surface area (TPSA) is 100 Å². The van der Waals surface area contributed by atoms with Gasteiger partial charge in [0.2, 0.25) is 5.91 Å². The van der Waals surface area contributed by atoms with Crippen molar-refractivity contribution in [2.75, 3.05) is 39.4 Å². The van der Waals surface area contributed by atoms with Gasteiger partial charge >= 0.3 is 0 Å². The molecular formula is C20H30N4O4S. The van der Waals surface area contributed by atoms with Crippen LogP contribution < -0.4 is 10.0 Å². The second-order valence-electron chi connectivity index (χ2n) is 7.82. The van der Waals surface area contributed by atoms with E-state index in [9.17, 15) is 13.2 Å². The Kier molecular flexibility index (Phi) is 7.26. The number of sulfonamides is 1. The number of rotatable bonds is 8. The van der Waals surface area contributed by atoms with Crippen LogP contribution in [-0.2, 0) is 19.6 Å². The summed E-state index contributed by atoms with van der Waals surface area (Å²) in [6.45, 7) is 8.45. The summed E-state index contributed by atoms with van der Waals surface area (Å²) in [6.07, 6.45) is 1.23. The van der Waals surface area contributed by atoms with E-state index in [-0.39, 0.29) is 23.8 Å². The molecule has 2 aliphatic rings. The summed E-state index contributed by atoms with van der Waals surface area (Å²) in [5.74, 6) is 0.770. The summed E-state index contributed by atoms with van der Waals surface area (Å²) < 4.78 is 32.1. The molecule has 1 atom stereocenters. The zero-order valence-electron chi connectivity index (χ0n) is 17.1. The lowest BCUT2D eigenvalue weighted by Crippen LogP contribution is -2.49. The lowest BCUT2D eigenvalue weighted by Gasteiger charge is -2.35. The van der Waals surface area contributed by atoms with Crippen LogP contribution in [0.3, 0.4) is 0 Å². The number of aliphatic imine (C=N–C) groups is 1. The first kappa shape index (κ1) is 21.7. The molecule has 0 aliphatic carbocycles. The molecule has 2 N–H and O–H groups in total. The highest BCUT2D eigenvalue weighted by Crippen LogP contribution is 2.22. The third-order valence-corrected chi connectivity index (χ3v) is 6.51. The van der Waals surface area contributed by atoms with Gasteiger partial charge < -0.3 is 10.1 Å². The van der Waals surface area contributed by atoms with Gasteiger partial charge in [0, 0.05) is 37.7 Å². The molecule has 2 heterocycles. The first-order valence-electron chi connectivity index (χ1n) is 10.1. The van der Waals surface area contributed by atoms with Crippen LogP contribution >= 0.6 is 0 Å². The van der Waals surface area contributed by atoms with Crippen LogP contribution in [0.25, 0.3) is 0 Å². The van der Waals surface area contributed by atoms with Crippen molar-refractivity contribution in [2.24, 2.45) is 10.9 Å². The molecule has 0 bridgehead atoms. The SMILES string of the molecule is CC(C)CC(CNC(=O)CCN=C1NS(=O)(=O)c2ccccc21)N1CCOCC1. The van der Waals surface area contributed by atoms with Crippen molar-refractivity contribution in [2.45, 2.75) is 37.6 Å². The lowest BCUT2D eigenvalue weighted by atomic mass is 10.0. The maximum atomic E-state index is 12.3. The van der Waals surface area contributed by atoms with Crippen LogP contribution in [0.4, 0.5) is 0 Å². The van der Waals surface area contributed by atoms with Gasteiger partial charge in [0.1, 0.15) is 5.84 Å². The molecule has 160 valence electrons. The van der Waals surface area contributed by atoms with E-state index in [1.165, 1.54) is 0 Å². The lowest BCUT2D eigenvalue weighted by molar-refractivity contribution is -0.121. The molecule has 1 saturated heterocycles. The molecular weight excluding hydrogens is 392 g/mol. The van der Waals surface area contributed by atoms with E-state index in [4.69, 9.17) is 4.74 Å². The van der Waals surface area contributed by atoms with Crippen molar-refractivity contribution < 1.29 is 17.9 Å². The van der Waals surface area contributed by atoms with Gasteiger partial charge in [0.25, 0.3) is 10.0 Å². The fourth-order valence-corrected chi connectivity index (χ4v) is 4.94. The van der Waals surface area contributed by atoms with Gasteiger partial charge in [-0.2, -0.15) is 0 Å². The number of hydrogen-bond acceptors (Lipinski definition) is 6. The highest BCUT2D eigenvalue weighted by atomic mass is 32.2. The minimum Gasteiger partial charge on any atom is -0.379 e. The fraction of sp³-hybridized carbons (Fsp3) is 0.600. The van der Waals surface area contributed by atoms with Gasteiger partial charge in [-0.3, -0.25) is 19.4 Å². The highest BCUT2D eigenvalue weighted by Gasteiger charge is 2.30. The van der Waals surface area contributed by atoms with E-state index in [0.717, 1.165) is 32.7 Å². The standard InChI is InChI=1S/C20H30N4O4S/c1-15(2)13-16(24-9-11-28-12-10-24)14-22-19(25)7-8-21-20-17-5-3-4-6-18(17)29(26,27)23-20/h3-6,15-16H,7-14H2,1-2H3,(H,21,23)(H,22,25). The maximum absolute atomic E-state index is 12.3. The second-order valence-corrected chi connectivity index (χ2v) is 9.47. The van der Waals surface area contributed by atoms with Gasteiger partial charge in [-0.1, -0.05) is 26.0 Å². The Bertz CT molecular complexity index is 848. The summed E-state index contributed by atoms with van der Waals surface area (Å²) in [6, 6.07) is 7.00. The third kappa shape index (κ3) is 5.77. The van der Waals surface area contributed by atoms with E-state index in [2.05, 4.69) is 33.8 Å². The van der Waals surface area contributed by atoms with Gasteiger partial charge in [0.15, 0.2) is 0 Å². The zero-order chi connectivity index (χ0) is 20.9. The second kappa shape index (κ2) is 9.69. The van der Waals surface area contributed by atoms with Crippen molar-refractivity contribution in [3.05, 3.63) is 29.8 Å². The Morgan fingerprint density at radius 2 is 2.00 bits per heavy atom. The normalized spacial score (nSPS) is 21.0. The van der Waals surface area contributed by atoms with Crippen LogP contribution in [0.15, 0.2) is 34.2 Å². The number of benzene rings is 1. The first-order valence-corrected chi connectivity index (χ1v) is 11.6. The van der Waals surface area contributed by atoms with Crippen molar-refractivity contribution >= 4 is 21.8 Å². The average molecular weight is 423 g/mol. The van der Waals surface area contributed by atoms with Gasteiger partial charge in [-0.05, 0) is 24.5 Å². The van der Waals surface area contributed by atoms with Crippen LogP contribution in [0, 0.1) is 5.92 Å². The summed E-state index contributed by atoms with van der Waals surface area (Å²) >= 11 is 0. The highest BCUT2D eigenvalue weighted by molar-refractivity contribution is 7.90. The zero-order valence-corrected chi connectivity index (χ0v) is 17.9. The molecule has 1 unspecified atom stereocenters. The summed E-state index contributed by atoms with van der Waals surface area (Å²) in [5, 5.41) is 3.02. The number of nitrogens with one attached hydrogen (secondary N) is 2. The summed E-state index contributed by atoms with van der Waals surface area (Å²) in [4.78, 5) is 19.2. The molecule has 0 radical (unpaired) electrons. The quantitative estimate of drug-likeness (QED) is 0.651. The molecule has 1 fully saturated rings. The molecule has 3 rings (SSSR count). The van der Waals surface area contributed by atoms with Gasteiger partial charge in [-0.25, -0.2) is 8.42 Å². The van der Waals surface area contributed by atoms with Crippen LogP contribution in [0.5, 0.6) is 0 Å². The molecule has 8 nitrogen and oxygen atoms in total. The number of nitrogens with zero attached hydrogens (tertiary/aromatic N) is 2. The van der Waals surface area contributed by atoms with E-state index < -0.39 is 10.0 Å². The number of amidine groups is 1. The van der Waals surface area contributed by atoms with E-state index in [0.29, 0.717) is 29.9 Å². The van der Waals surface area contributed by atoms with Crippen molar-refractivity contribution in [3.63, 3.8) is 0 Å². The number of carbonyl (C=O) groups excluding carboxylic acids is 1. The minimum atomic E-state index is -3.55. The van der Waals surface area contributed by atoms with Crippen molar-refractivity contribution in [1.29, 1.82) is 0 Å². The molecule has 2 aliphatic heterocycles. The Labute approximate surface area is 172 Å². The molecule has 1 aromatic rings. The molecule has 0 spiro atoms. The fourth-order valence-electron chi connectivity index (χ4n) is 3.69. The molecule has 0 aromatic heterocycles. The summed E-state index contributed by atoms with van der Waals surface area (Å²) in [7, 11) is -3.55. The Morgan fingerprint density at radius 3 is 2.72 bits per heavy atom. The van der Waals surface area contributed by atoms with Crippen LogP contribution in [-0.4, -0.2) is 70.5 Å². The maximum Gasteiger partial charge on any atom is 0.263 e. The van der Waals surface area contributed by atoms with Crippen LogP contribution in [0.1, 0.15) is 32.3 Å². The predicted octanol–water partition coefficient (Wildman–Crippen LogP) is 0.978. The summed E-state index contributed by atoms with van der Waals surface area (Å²) in [5.41, 5.74) is 0.553. The number of fused-ring (bicyclic) bond motifs is 1. The average Bonchev–Trinajstić information content (AvgIpc) is 2.96. The minimum absolute atomic E-state index is 0.0782. The Balaban J connectivity index is 1.51. The Hall–Kier alpha value is -1.97. The smallest absolute Gasteiger partial charge is 0.263 e. The van der Waals surface area contributed by atoms with Crippen molar-refractivity contribution in [1.82, 2.24) is 14.9 Å². The predicted molar refractivity (Wildman–Crippen MR) is 111 cm³/mol. The number of ether oxygens (including phenoxy) is 1. The largest absolute Gasteiger partial charge is 0.379 e. The number of amides is 1. The molecule has 0 saturated carbocycles. The number of hydrogen-bond donors (Lipinski definition) is 2. The van der Waals surface area contributed by atoms with Crippen molar-refractivity contribution in [3.8, 4) is 0 Å². The number of carbonyl (C=O) groups is 1. The molecule has 1 aromatic carbocycles. The monoisotopic (exact) mass is 422 g/mol. The van der Waals surface area contributed by atoms with E-state index in [1.807, 2.05) is 0 Å². The third-order valence-electron chi connectivity index (χ3n) is 5.11. The van der Waals surface area contributed by atoms with Gasteiger partial charge in [-0.15, -0.1) is 0 Å². The van der Waals surface area contributed by atoms with E-state index in [1.54, 1.807) is 24.3 Å². The molecule has 29 heavy (non-hydrogen) atoms. The van der Waals surface area contributed by atoms with E-state index >= 15 is 0 Å². The number of morpholine rings is 1.